The summed E-state index contributed by atoms with van der Waals surface area (Å²) in [5.41, 5.74) is 7.33. The van der Waals surface area contributed by atoms with E-state index in [0.717, 1.165) is 5.56 Å². The molecule has 2 aromatic heterocycles. The van der Waals surface area contributed by atoms with Crippen LogP contribution in [0.2, 0.25) is 0 Å². The van der Waals surface area contributed by atoms with Crippen LogP contribution in [0.25, 0.3) is 0 Å². The van der Waals surface area contributed by atoms with Crippen molar-refractivity contribution in [1.82, 2.24) is 24.6 Å². The normalized spacial score (nSPS) is 10.9. The maximum atomic E-state index is 12.5. The molecule has 2 aromatic rings. The van der Waals surface area contributed by atoms with Gasteiger partial charge in [-0.05, 0) is 0 Å². The highest BCUT2D eigenvalue weighted by Gasteiger charge is 2.19. The zero-order valence-corrected chi connectivity index (χ0v) is 12.7. The number of nitrogen functional groups attached to an aromatic ring is 1. The molecular weight excluding hydrogens is 268 g/mol. The molecule has 0 saturated heterocycles. The maximum Gasteiger partial charge on any atom is 0.274 e. The average molecular weight is 288 g/mol. The molecule has 0 aliphatic rings. The molecular formula is C14H20N6O. The predicted molar refractivity (Wildman–Crippen MR) is 79.5 cm³/mol. The molecule has 0 aliphatic heterocycles. The van der Waals surface area contributed by atoms with Crippen LogP contribution in [0.15, 0.2) is 18.6 Å². The zero-order valence-electron chi connectivity index (χ0n) is 12.7. The van der Waals surface area contributed by atoms with Gasteiger partial charge in [-0.1, -0.05) is 13.8 Å². The van der Waals surface area contributed by atoms with Crippen molar-refractivity contribution in [2.24, 2.45) is 7.05 Å². The lowest BCUT2D eigenvalue weighted by Gasteiger charge is -2.17. The summed E-state index contributed by atoms with van der Waals surface area (Å²) in [5, 5.41) is 4.09. The molecule has 0 aliphatic carbocycles. The van der Waals surface area contributed by atoms with Gasteiger partial charge in [0.2, 0.25) is 0 Å². The summed E-state index contributed by atoms with van der Waals surface area (Å²) >= 11 is 0. The molecule has 1 amide bonds. The van der Waals surface area contributed by atoms with Crippen molar-refractivity contribution >= 4 is 11.6 Å². The first-order valence-electron chi connectivity index (χ1n) is 6.74. The van der Waals surface area contributed by atoms with E-state index in [1.165, 1.54) is 6.20 Å². The van der Waals surface area contributed by atoms with Crippen LogP contribution in [0.4, 0.5) is 5.69 Å². The van der Waals surface area contributed by atoms with Gasteiger partial charge < -0.3 is 10.6 Å². The molecule has 2 rings (SSSR count). The lowest BCUT2D eigenvalue weighted by atomic mass is 10.2. The lowest BCUT2D eigenvalue weighted by Crippen LogP contribution is -2.28. The topological polar surface area (TPSA) is 89.9 Å². The fourth-order valence-corrected chi connectivity index (χ4v) is 1.93. The van der Waals surface area contributed by atoms with Gasteiger partial charge in [-0.25, -0.2) is 9.97 Å². The second-order valence-corrected chi connectivity index (χ2v) is 5.37. The van der Waals surface area contributed by atoms with Crippen molar-refractivity contribution in [3.8, 4) is 0 Å². The van der Waals surface area contributed by atoms with Gasteiger partial charge in [0.25, 0.3) is 5.91 Å². The summed E-state index contributed by atoms with van der Waals surface area (Å²) in [6, 6.07) is 0. The summed E-state index contributed by atoms with van der Waals surface area (Å²) in [6.45, 7) is 4.39. The third-order valence-corrected chi connectivity index (χ3v) is 3.08. The van der Waals surface area contributed by atoms with Gasteiger partial charge in [0.05, 0.1) is 18.1 Å². The summed E-state index contributed by atoms with van der Waals surface area (Å²) in [5.74, 6) is 0.531. The van der Waals surface area contributed by atoms with E-state index < -0.39 is 0 Å². The van der Waals surface area contributed by atoms with Gasteiger partial charge in [0.15, 0.2) is 5.69 Å². The summed E-state index contributed by atoms with van der Waals surface area (Å²) in [4.78, 5) is 22.5. The van der Waals surface area contributed by atoms with Gasteiger partial charge in [0, 0.05) is 38.3 Å². The first-order valence-corrected chi connectivity index (χ1v) is 6.74. The Balaban J connectivity index is 2.20. The number of nitrogens with zero attached hydrogens (tertiary/aromatic N) is 5. The van der Waals surface area contributed by atoms with Crippen LogP contribution in [0.1, 0.15) is 41.6 Å². The number of nitrogens with two attached hydrogens (primary N) is 1. The van der Waals surface area contributed by atoms with Gasteiger partial charge in [0.1, 0.15) is 5.82 Å². The van der Waals surface area contributed by atoms with Crippen molar-refractivity contribution in [1.29, 1.82) is 0 Å². The third-order valence-electron chi connectivity index (χ3n) is 3.08. The number of carbonyl (C=O) groups excluding carboxylic acids is 1. The SMILES string of the molecule is CC(C)c1ncc(N)c(C(=O)N(C)Cc2cnn(C)c2)n1. The van der Waals surface area contributed by atoms with Crippen LogP contribution in [0.5, 0.6) is 0 Å². The number of aryl methyl sites for hydroxylation is 1. The van der Waals surface area contributed by atoms with Gasteiger partial charge in [-0.2, -0.15) is 5.10 Å². The highest BCUT2D eigenvalue weighted by atomic mass is 16.2. The molecule has 0 radical (unpaired) electrons. The Morgan fingerprint density at radius 3 is 2.71 bits per heavy atom. The van der Waals surface area contributed by atoms with E-state index in [9.17, 15) is 4.79 Å². The zero-order chi connectivity index (χ0) is 15.6. The molecule has 7 heteroatoms. The minimum Gasteiger partial charge on any atom is -0.396 e. The van der Waals surface area contributed by atoms with E-state index >= 15 is 0 Å². The fraction of sp³-hybridized carbons (Fsp3) is 0.429. The quantitative estimate of drug-likeness (QED) is 0.912. The Morgan fingerprint density at radius 2 is 2.14 bits per heavy atom. The number of hydrogen-bond donors (Lipinski definition) is 1. The van der Waals surface area contributed by atoms with Crippen LogP contribution in [-0.2, 0) is 13.6 Å². The van der Waals surface area contributed by atoms with Crippen molar-refractivity contribution < 1.29 is 4.79 Å². The van der Waals surface area contributed by atoms with E-state index in [-0.39, 0.29) is 17.5 Å². The van der Waals surface area contributed by atoms with Crippen molar-refractivity contribution in [2.45, 2.75) is 26.3 Å². The summed E-state index contributed by atoms with van der Waals surface area (Å²) in [6.07, 6.45) is 5.09. The smallest absolute Gasteiger partial charge is 0.274 e. The minimum atomic E-state index is -0.222. The Bertz CT molecular complexity index is 649. The Hall–Kier alpha value is -2.44. The monoisotopic (exact) mass is 288 g/mol. The van der Waals surface area contributed by atoms with Crippen LogP contribution >= 0.6 is 0 Å². The number of rotatable bonds is 4. The maximum absolute atomic E-state index is 12.5. The molecule has 0 aromatic carbocycles. The summed E-state index contributed by atoms with van der Waals surface area (Å²) in [7, 11) is 3.55. The molecule has 0 bridgehead atoms. The molecule has 0 saturated carbocycles. The predicted octanol–water partition coefficient (Wildman–Crippen LogP) is 1.19. The van der Waals surface area contributed by atoms with Gasteiger partial charge in [-0.15, -0.1) is 0 Å². The van der Waals surface area contributed by atoms with E-state index in [4.69, 9.17) is 5.73 Å². The highest BCUT2D eigenvalue weighted by molar-refractivity contribution is 5.96. The molecule has 7 nitrogen and oxygen atoms in total. The number of hydrogen-bond acceptors (Lipinski definition) is 5. The van der Waals surface area contributed by atoms with Crippen molar-refractivity contribution in [3.05, 3.63) is 35.7 Å². The molecule has 0 spiro atoms. The molecule has 21 heavy (non-hydrogen) atoms. The number of amides is 1. The number of aromatic nitrogens is 4. The highest BCUT2D eigenvalue weighted by Crippen LogP contribution is 2.16. The Kier molecular flexibility index (Phi) is 4.21. The molecule has 0 fully saturated rings. The molecule has 2 N–H and O–H groups in total. The molecule has 2 heterocycles. The minimum absolute atomic E-state index is 0.140. The second-order valence-electron chi connectivity index (χ2n) is 5.37. The van der Waals surface area contributed by atoms with Gasteiger partial charge in [-0.3, -0.25) is 9.48 Å². The van der Waals surface area contributed by atoms with E-state index in [1.807, 2.05) is 27.1 Å². The molecule has 0 atom stereocenters. The molecule has 112 valence electrons. The fourth-order valence-electron chi connectivity index (χ4n) is 1.93. The largest absolute Gasteiger partial charge is 0.396 e. The van der Waals surface area contributed by atoms with Gasteiger partial charge >= 0.3 is 0 Å². The third kappa shape index (κ3) is 3.36. The van der Waals surface area contributed by atoms with E-state index in [1.54, 1.807) is 22.8 Å². The first-order chi connectivity index (χ1) is 9.88. The number of carbonyl (C=O) groups is 1. The Morgan fingerprint density at radius 1 is 1.43 bits per heavy atom. The van der Waals surface area contributed by atoms with Crippen molar-refractivity contribution in [2.75, 3.05) is 12.8 Å². The summed E-state index contributed by atoms with van der Waals surface area (Å²) < 4.78 is 1.70. The van der Waals surface area contributed by atoms with Crippen LogP contribution in [-0.4, -0.2) is 37.6 Å². The van der Waals surface area contributed by atoms with Crippen LogP contribution < -0.4 is 5.73 Å². The average Bonchev–Trinajstić information content (AvgIpc) is 2.83. The van der Waals surface area contributed by atoms with Crippen LogP contribution in [0, 0.1) is 0 Å². The Labute approximate surface area is 123 Å². The number of anilines is 1. The van der Waals surface area contributed by atoms with E-state index in [0.29, 0.717) is 18.1 Å². The lowest BCUT2D eigenvalue weighted by molar-refractivity contribution is 0.0780. The standard InChI is InChI=1S/C14H20N6O/c1-9(2)13-16-6-11(15)12(18-13)14(21)19(3)7-10-5-17-20(4)8-10/h5-6,8-9H,7,15H2,1-4H3. The second kappa shape index (κ2) is 5.90. The van der Waals surface area contributed by atoms with Crippen LogP contribution in [0.3, 0.4) is 0 Å². The van der Waals surface area contributed by atoms with E-state index in [2.05, 4.69) is 15.1 Å². The molecule has 0 unspecified atom stereocenters. The first kappa shape index (κ1) is 15.0. The van der Waals surface area contributed by atoms with Crippen molar-refractivity contribution in [3.63, 3.8) is 0 Å².